The van der Waals surface area contributed by atoms with Crippen molar-refractivity contribution < 1.29 is 5.11 Å². The molecule has 1 aliphatic heterocycles. The highest BCUT2D eigenvalue weighted by Crippen LogP contribution is 2.30. The van der Waals surface area contributed by atoms with Crippen LogP contribution < -0.4 is 21.3 Å². The second kappa shape index (κ2) is 8.43. The van der Waals surface area contributed by atoms with Crippen molar-refractivity contribution in [3.05, 3.63) is 74.5 Å². The molecule has 0 unspecified atom stereocenters. The lowest BCUT2D eigenvalue weighted by molar-refractivity contribution is 0.454. The minimum Gasteiger partial charge on any atom is -0.493 e. The van der Waals surface area contributed by atoms with Crippen molar-refractivity contribution in [1.29, 1.82) is 5.26 Å². The summed E-state index contributed by atoms with van der Waals surface area (Å²) in [6, 6.07) is 12.4. The summed E-state index contributed by atoms with van der Waals surface area (Å²) in [6.45, 7) is 1.68. The number of hydrogen-bond acceptors (Lipinski definition) is 7. The van der Waals surface area contributed by atoms with Crippen molar-refractivity contribution in [3.63, 3.8) is 0 Å². The molecular formula is C25H24N8O2. The Morgan fingerprint density at radius 2 is 2.00 bits per heavy atom. The fourth-order valence-electron chi connectivity index (χ4n) is 4.65. The fourth-order valence-corrected chi connectivity index (χ4v) is 4.65. The lowest BCUT2D eigenvalue weighted by Crippen LogP contribution is -2.35. The summed E-state index contributed by atoms with van der Waals surface area (Å²) < 4.78 is 1.72. The number of nitrogens with one attached hydrogen (secondary N) is 2. The van der Waals surface area contributed by atoms with Crippen molar-refractivity contribution in [2.75, 3.05) is 18.0 Å². The molecule has 4 aromatic rings. The van der Waals surface area contributed by atoms with Gasteiger partial charge in [-0.05, 0) is 55.4 Å². The third kappa shape index (κ3) is 4.17. The molecular weight excluding hydrogens is 444 g/mol. The second-order valence-corrected chi connectivity index (χ2v) is 9.15. The third-order valence-electron chi connectivity index (χ3n) is 6.67. The number of fused-ring (bicyclic) bond motifs is 1. The molecule has 10 nitrogen and oxygen atoms in total. The lowest BCUT2D eigenvalue weighted by atomic mass is 9.88. The number of aromatic amines is 2. The summed E-state index contributed by atoms with van der Waals surface area (Å²) in [6.07, 6.45) is 7.40. The van der Waals surface area contributed by atoms with E-state index in [-0.39, 0.29) is 11.6 Å². The molecule has 1 aromatic carbocycles. The molecule has 0 bridgehead atoms. The number of rotatable bonds is 4. The lowest BCUT2D eigenvalue weighted by Gasteiger charge is -2.33. The van der Waals surface area contributed by atoms with E-state index in [1.54, 1.807) is 16.8 Å². The van der Waals surface area contributed by atoms with Crippen LogP contribution in [0.25, 0.3) is 11.7 Å². The number of imidazole rings is 1. The second-order valence-electron chi connectivity index (χ2n) is 9.15. The van der Waals surface area contributed by atoms with Crippen LogP contribution in [0.3, 0.4) is 0 Å². The average Bonchev–Trinajstić information content (AvgIpc) is 3.52. The van der Waals surface area contributed by atoms with E-state index in [0.717, 1.165) is 50.1 Å². The molecule has 6 rings (SSSR count). The molecule has 4 heterocycles. The maximum atomic E-state index is 11.5. The Bertz CT molecular complexity index is 1630. The number of H-pyrrole nitrogens is 2. The minimum atomic E-state index is -0.480. The Balaban J connectivity index is 1.36. The first-order valence-electron chi connectivity index (χ1n) is 11.8. The van der Waals surface area contributed by atoms with Crippen molar-refractivity contribution >= 4 is 17.5 Å². The number of benzene rings is 1. The van der Waals surface area contributed by atoms with Crippen LogP contribution in [-0.4, -0.2) is 48.8 Å². The summed E-state index contributed by atoms with van der Waals surface area (Å²) >= 11 is 0. The third-order valence-corrected chi connectivity index (χ3v) is 6.67. The van der Waals surface area contributed by atoms with E-state index in [9.17, 15) is 15.2 Å². The number of hydrogen-bond donors (Lipinski definition) is 3. The van der Waals surface area contributed by atoms with Gasteiger partial charge in [0.2, 0.25) is 5.88 Å². The van der Waals surface area contributed by atoms with E-state index >= 15 is 0 Å². The van der Waals surface area contributed by atoms with Gasteiger partial charge in [-0.3, -0.25) is 9.98 Å². The molecule has 176 valence electrons. The number of anilines is 1. The summed E-state index contributed by atoms with van der Waals surface area (Å²) in [5.41, 5.74) is 3.08. The van der Waals surface area contributed by atoms with E-state index in [0.29, 0.717) is 28.4 Å². The molecule has 0 spiro atoms. The first-order valence-corrected chi connectivity index (χ1v) is 11.8. The molecule has 1 saturated carbocycles. The Labute approximate surface area is 199 Å². The molecule has 0 atom stereocenters. The van der Waals surface area contributed by atoms with Gasteiger partial charge in [0.25, 0.3) is 0 Å². The first kappa shape index (κ1) is 21.2. The van der Waals surface area contributed by atoms with Gasteiger partial charge in [-0.2, -0.15) is 14.9 Å². The van der Waals surface area contributed by atoms with Crippen molar-refractivity contribution in [2.24, 2.45) is 4.99 Å². The maximum absolute atomic E-state index is 11.5. The molecule has 10 heteroatoms. The normalized spacial score (nSPS) is 17.9. The Morgan fingerprint density at radius 3 is 2.71 bits per heavy atom. The van der Waals surface area contributed by atoms with Gasteiger partial charge in [0, 0.05) is 24.4 Å². The smallest absolute Gasteiger partial charge is 0.326 e. The predicted molar refractivity (Wildman–Crippen MR) is 129 cm³/mol. The molecule has 3 N–H and O–H groups in total. The van der Waals surface area contributed by atoms with Gasteiger partial charge in [-0.1, -0.05) is 12.1 Å². The van der Waals surface area contributed by atoms with Crippen LogP contribution in [0.4, 0.5) is 5.82 Å². The highest BCUT2D eigenvalue weighted by molar-refractivity contribution is 5.58. The molecule has 0 radical (unpaired) electrons. The van der Waals surface area contributed by atoms with Crippen LogP contribution in [-0.2, 0) is 0 Å². The average molecular weight is 469 g/mol. The molecule has 3 aromatic heterocycles. The first-order chi connectivity index (χ1) is 17.1. The predicted octanol–water partition coefficient (Wildman–Crippen LogP) is 1.32. The Morgan fingerprint density at radius 1 is 1.17 bits per heavy atom. The van der Waals surface area contributed by atoms with Gasteiger partial charge in [0.05, 0.1) is 23.9 Å². The molecule has 1 saturated heterocycles. The highest BCUT2D eigenvalue weighted by Gasteiger charge is 2.24. The molecule has 2 aliphatic rings. The maximum Gasteiger partial charge on any atom is 0.326 e. The van der Waals surface area contributed by atoms with E-state index < -0.39 is 5.69 Å². The van der Waals surface area contributed by atoms with Gasteiger partial charge in [0.15, 0.2) is 11.1 Å². The van der Waals surface area contributed by atoms with Gasteiger partial charge >= 0.3 is 5.69 Å². The summed E-state index contributed by atoms with van der Waals surface area (Å²) in [5.74, 6) is 1.02. The molecule has 35 heavy (non-hydrogen) atoms. The minimum absolute atomic E-state index is 0.226. The van der Waals surface area contributed by atoms with Crippen LogP contribution in [0, 0.1) is 11.3 Å². The largest absolute Gasteiger partial charge is 0.493 e. The molecule has 0 amide bonds. The molecule has 1 aliphatic carbocycles. The van der Waals surface area contributed by atoms with Gasteiger partial charge in [-0.25, -0.2) is 9.78 Å². The summed E-state index contributed by atoms with van der Waals surface area (Å²) in [5, 5.41) is 24.4. The van der Waals surface area contributed by atoms with E-state index in [1.807, 2.05) is 24.3 Å². The van der Waals surface area contributed by atoms with E-state index in [4.69, 9.17) is 9.98 Å². The van der Waals surface area contributed by atoms with Crippen molar-refractivity contribution in [3.8, 4) is 11.9 Å². The standard InChI is InChI=1S/C25H24N8O2/c26-13-15-2-1-3-17(10-15)16-6-8-32(9-7-16)21-12-22(28-19-4-5-19)33-23(30-21)18(14-27-33)11-20-24(34)31-25(35)29-20/h1-3,10-12,14,16,19,34H,4-9H2,(H2,29,31,35)/b18-11+,28-22?. The number of nitriles is 1. The zero-order chi connectivity index (χ0) is 23.9. The van der Waals surface area contributed by atoms with Crippen LogP contribution in [0.2, 0.25) is 0 Å². The quantitative estimate of drug-likeness (QED) is 0.413. The van der Waals surface area contributed by atoms with Gasteiger partial charge in [-0.15, -0.1) is 0 Å². The number of nitrogens with zero attached hydrogens (tertiary/aromatic N) is 6. The number of piperidine rings is 1. The van der Waals surface area contributed by atoms with Crippen molar-refractivity contribution in [1.82, 2.24) is 24.6 Å². The topological polar surface area (TPSA) is 138 Å². The zero-order valence-electron chi connectivity index (χ0n) is 19.0. The zero-order valence-corrected chi connectivity index (χ0v) is 19.0. The Kier molecular flexibility index (Phi) is 5.10. The van der Waals surface area contributed by atoms with Crippen LogP contribution in [0.1, 0.15) is 48.4 Å². The monoisotopic (exact) mass is 468 g/mol. The summed E-state index contributed by atoms with van der Waals surface area (Å²) in [7, 11) is 0. The highest BCUT2D eigenvalue weighted by atomic mass is 16.3. The Hall–Kier alpha value is -4.39. The van der Waals surface area contributed by atoms with E-state index in [2.05, 4.69) is 32.1 Å². The number of aromatic hydroxyl groups is 1. The summed E-state index contributed by atoms with van der Waals surface area (Å²) in [4.78, 5) is 28.5. The van der Waals surface area contributed by atoms with E-state index in [1.165, 1.54) is 5.56 Å². The SMILES string of the molecule is N#Cc1cccc(C2CCN(c3cc(=NC4CC4)n4nc/c(=C\c5[nH]c(=O)[nH]c5O)c4n3)CC2)c1. The molecule has 2 fully saturated rings. The van der Waals surface area contributed by atoms with Gasteiger partial charge < -0.3 is 15.0 Å². The van der Waals surface area contributed by atoms with Crippen LogP contribution >= 0.6 is 0 Å². The van der Waals surface area contributed by atoms with Crippen LogP contribution in [0.15, 0.2) is 46.3 Å². The fraction of sp³-hybridized carbons (Fsp3) is 0.320. The van der Waals surface area contributed by atoms with Crippen molar-refractivity contribution in [2.45, 2.75) is 37.6 Å². The van der Waals surface area contributed by atoms with Gasteiger partial charge in [0.1, 0.15) is 11.5 Å². The number of aromatic nitrogens is 5. The van der Waals surface area contributed by atoms with Crippen LogP contribution in [0.5, 0.6) is 5.88 Å².